The number of rotatable bonds is 3. The Morgan fingerprint density at radius 2 is 1.40 bits per heavy atom. The molecule has 2 aromatic carbocycles. The molecule has 1 saturated carbocycles. The third kappa shape index (κ3) is 2.32. The van der Waals surface area contributed by atoms with Crippen LogP contribution in [0.4, 0.5) is 0 Å². The fraction of sp³-hybridized carbons (Fsp3) is 0.259. The third-order valence-corrected chi connectivity index (χ3v) is 7.14. The number of Topliss-reactive ketones (excluding diaryl/α,β-unsaturated/α-hetero) is 1. The average molecular weight is 396 g/mol. The number of methoxy groups -OCH3 is 1. The summed E-state index contributed by atoms with van der Waals surface area (Å²) >= 11 is 0. The van der Waals surface area contributed by atoms with Crippen LogP contribution in [0, 0.1) is 22.7 Å². The van der Waals surface area contributed by atoms with Crippen LogP contribution in [0.1, 0.15) is 24.5 Å². The molecule has 3 nitrogen and oxygen atoms in total. The van der Waals surface area contributed by atoms with Gasteiger partial charge < -0.3 is 4.74 Å². The van der Waals surface area contributed by atoms with Crippen LogP contribution in [0.2, 0.25) is 0 Å². The molecule has 0 spiro atoms. The average Bonchev–Trinajstić information content (AvgIpc) is 2.91. The van der Waals surface area contributed by atoms with Crippen LogP contribution in [0.3, 0.4) is 0 Å². The highest BCUT2D eigenvalue weighted by molar-refractivity contribution is 6.14. The molecule has 5 rings (SSSR count). The lowest BCUT2D eigenvalue weighted by molar-refractivity contribution is -0.158. The summed E-state index contributed by atoms with van der Waals surface area (Å²) in [6, 6.07) is 20.2. The lowest BCUT2D eigenvalue weighted by atomic mass is 9.55. The molecule has 1 fully saturated rings. The largest absolute Gasteiger partial charge is 0.468 e. The number of hydrogen-bond donors (Lipinski definition) is 0. The lowest BCUT2D eigenvalue weighted by Gasteiger charge is -2.45. The van der Waals surface area contributed by atoms with Crippen molar-refractivity contribution in [2.45, 2.75) is 13.3 Å². The van der Waals surface area contributed by atoms with Crippen LogP contribution < -0.4 is 0 Å². The van der Waals surface area contributed by atoms with Gasteiger partial charge in [0.2, 0.25) is 0 Å². The highest BCUT2D eigenvalue weighted by Crippen LogP contribution is 2.70. The Kier molecular flexibility index (Phi) is 4.18. The van der Waals surface area contributed by atoms with Gasteiger partial charge in [0.25, 0.3) is 0 Å². The molecule has 0 saturated heterocycles. The first-order valence-electron chi connectivity index (χ1n) is 10.4. The molecule has 3 aliphatic carbocycles. The molecule has 0 N–H and O–H groups in total. The predicted molar refractivity (Wildman–Crippen MR) is 117 cm³/mol. The van der Waals surface area contributed by atoms with Crippen molar-refractivity contribution in [3.63, 3.8) is 0 Å². The number of hydrogen-bond acceptors (Lipinski definition) is 3. The highest BCUT2D eigenvalue weighted by Gasteiger charge is 2.68. The van der Waals surface area contributed by atoms with Gasteiger partial charge in [0.05, 0.1) is 13.0 Å². The van der Waals surface area contributed by atoms with Crippen molar-refractivity contribution < 1.29 is 14.3 Å². The van der Waals surface area contributed by atoms with E-state index in [1.165, 1.54) is 7.11 Å². The first-order chi connectivity index (χ1) is 14.5. The number of allylic oxidation sites excluding steroid dienone is 5. The summed E-state index contributed by atoms with van der Waals surface area (Å²) < 4.78 is 5.39. The number of carbonyl (C=O) groups is 2. The van der Waals surface area contributed by atoms with E-state index in [9.17, 15) is 9.59 Å². The molecule has 0 aromatic heterocycles. The number of benzene rings is 2. The maximum atomic E-state index is 13.7. The van der Waals surface area contributed by atoms with E-state index in [-0.39, 0.29) is 17.7 Å². The van der Waals surface area contributed by atoms with Crippen molar-refractivity contribution in [1.29, 1.82) is 0 Å². The Balaban J connectivity index is 1.94. The van der Waals surface area contributed by atoms with E-state index in [4.69, 9.17) is 4.74 Å². The van der Waals surface area contributed by atoms with Gasteiger partial charge >= 0.3 is 5.97 Å². The molecule has 0 radical (unpaired) electrons. The smallest absolute Gasteiger partial charge is 0.317 e. The summed E-state index contributed by atoms with van der Waals surface area (Å²) in [6.07, 6.45) is 8.31. The van der Waals surface area contributed by atoms with Crippen LogP contribution in [-0.4, -0.2) is 18.9 Å². The van der Waals surface area contributed by atoms with E-state index in [1.54, 1.807) is 0 Å². The molecule has 3 aliphatic rings. The van der Waals surface area contributed by atoms with Crippen LogP contribution in [0.15, 0.2) is 85.0 Å². The van der Waals surface area contributed by atoms with Gasteiger partial charge in [-0.25, -0.2) is 0 Å². The number of carbonyl (C=O) groups excluding carboxylic acids is 2. The first kappa shape index (κ1) is 18.8. The molecule has 4 bridgehead atoms. The highest BCUT2D eigenvalue weighted by atomic mass is 16.5. The number of ketones is 1. The molecule has 3 heteroatoms. The van der Waals surface area contributed by atoms with Crippen LogP contribution in [0.25, 0.3) is 11.1 Å². The summed E-state index contributed by atoms with van der Waals surface area (Å²) in [4.78, 5) is 27.3. The summed E-state index contributed by atoms with van der Waals surface area (Å²) in [5.74, 6) is -1.07. The van der Waals surface area contributed by atoms with Crippen molar-refractivity contribution in [1.82, 2.24) is 0 Å². The Hall–Kier alpha value is -3.20. The van der Waals surface area contributed by atoms with Gasteiger partial charge in [-0.2, -0.15) is 0 Å². The molecule has 30 heavy (non-hydrogen) atoms. The second-order valence-corrected chi connectivity index (χ2v) is 8.67. The summed E-state index contributed by atoms with van der Waals surface area (Å²) in [5, 5.41) is 0. The van der Waals surface area contributed by atoms with Crippen molar-refractivity contribution in [2.24, 2.45) is 22.7 Å². The fourth-order valence-corrected chi connectivity index (χ4v) is 6.03. The Labute approximate surface area is 176 Å². The van der Waals surface area contributed by atoms with Gasteiger partial charge in [0, 0.05) is 11.3 Å². The van der Waals surface area contributed by atoms with E-state index in [0.717, 1.165) is 22.3 Å². The number of fused-ring (bicyclic) bond motifs is 6. The van der Waals surface area contributed by atoms with Crippen LogP contribution in [0.5, 0.6) is 0 Å². The van der Waals surface area contributed by atoms with E-state index >= 15 is 0 Å². The van der Waals surface area contributed by atoms with Gasteiger partial charge in [-0.05, 0) is 28.7 Å². The molecule has 0 amide bonds. The van der Waals surface area contributed by atoms with E-state index in [0.29, 0.717) is 6.42 Å². The zero-order valence-corrected chi connectivity index (χ0v) is 17.2. The molecule has 150 valence electrons. The summed E-state index contributed by atoms with van der Waals surface area (Å²) in [6.45, 7) is 2.14. The normalized spacial score (nSPS) is 31.6. The number of esters is 1. The van der Waals surface area contributed by atoms with Crippen LogP contribution in [-0.2, 0) is 14.3 Å². The van der Waals surface area contributed by atoms with Gasteiger partial charge in [0.1, 0.15) is 11.2 Å². The van der Waals surface area contributed by atoms with Gasteiger partial charge in [-0.15, -0.1) is 0 Å². The van der Waals surface area contributed by atoms with E-state index in [1.807, 2.05) is 72.8 Å². The second-order valence-electron chi connectivity index (χ2n) is 8.67. The summed E-state index contributed by atoms with van der Waals surface area (Å²) in [7, 11) is 1.42. The topological polar surface area (TPSA) is 43.4 Å². The maximum absolute atomic E-state index is 13.7. The first-order valence-corrected chi connectivity index (χ1v) is 10.4. The second kappa shape index (κ2) is 6.66. The zero-order chi connectivity index (χ0) is 20.9. The molecule has 4 atom stereocenters. The van der Waals surface area contributed by atoms with E-state index < -0.39 is 16.7 Å². The Morgan fingerprint density at radius 1 is 0.867 bits per heavy atom. The maximum Gasteiger partial charge on any atom is 0.317 e. The molecule has 0 heterocycles. The van der Waals surface area contributed by atoms with Crippen molar-refractivity contribution in [3.8, 4) is 0 Å². The van der Waals surface area contributed by atoms with Gasteiger partial charge in [-0.3, -0.25) is 9.59 Å². The lowest BCUT2D eigenvalue weighted by Crippen LogP contribution is -2.51. The van der Waals surface area contributed by atoms with Gasteiger partial charge in [0.15, 0.2) is 0 Å². The quantitative estimate of drug-likeness (QED) is 0.678. The molecular weight excluding hydrogens is 372 g/mol. The monoisotopic (exact) mass is 396 g/mol. The minimum Gasteiger partial charge on any atom is -0.468 e. The minimum atomic E-state index is -1.04. The van der Waals surface area contributed by atoms with Crippen molar-refractivity contribution in [3.05, 3.63) is 96.1 Å². The standard InChI is InChI=1S/C27H24O3/c1-26-17-27(25(29)30-2,21-16-10-9-15-20(26)24(21)28)23(19-13-7-4-8-14-19)22(26)18-11-5-3-6-12-18/h3-16,20-21H,17H2,1-2H3/t20-,21+,26-,27-/m1/s1. The minimum absolute atomic E-state index is 0.0958. The van der Waals surface area contributed by atoms with E-state index in [2.05, 4.69) is 19.1 Å². The van der Waals surface area contributed by atoms with Crippen molar-refractivity contribution >= 4 is 22.9 Å². The van der Waals surface area contributed by atoms with Crippen LogP contribution >= 0.6 is 0 Å². The number of ether oxygens (including phenoxy) is 1. The SMILES string of the molecule is COC(=O)[C@@]12C[C@@](C)(C(c3ccccc3)=C1c1ccccc1)[C@@H]1C=CC=C[C@H]2C1=O. The molecular formula is C27H24O3. The predicted octanol–water partition coefficient (Wildman–Crippen LogP) is 5.11. The third-order valence-electron chi connectivity index (χ3n) is 7.14. The summed E-state index contributed by atoms with van der Waals surface area (Å²) in [5.41, 5.74) is 2.51. The fourth-order valence-electron chi connectivity index (χ4n) is 6.03. The zero-order valence-electron chi connectivity index (χ0n) is 17.2. The van der Waals surface area contributed by atoms with Gasteiger partial charge in [-0.1, -0.05) is 91.9 Å². The molecule has 2 aromatic rings. The Morgan fingerprint density at radius 3 is 1.97 bits per heavy atom. The molecule has 0 unspecified atom stereocenters. The van der Waals surface area contributed by atoms with Crippen molar-refractivity contribution in [2.75, 3.05) is 7.11 Å². The Bertz CT molecular complexity index is 1110. The molecule has 0 aliphatic heterocycles.